The van der Waals surface area contributed by atoms with Gasteiger partial charge in [-0.25, -0.2) is 4.98 Å². The molecular formula is C11H13N3. The predicted octanol–water partition coefficient (Wildman–Crippen LogP) is 2.42. The molecule has 0 aromatic carbocycles. The van der Waals surface area contributed by atoms with Crippen LogP contribution in [0.5, 0.6) is 0 Å². The summed E-state index contributed by atoms with van der Waals surface area (Å²) < 4.78 is 0. The zero-order chi connectivity index (χ0) is 9.80. The summed E-state index contributed by atoms with van der Waals surface area (Å²) in [5.74, 6) is 0.856. The average molecular weight is 187 g/mol. The maximum absolute atomic E-state index is 4.29. The fourth-order valence-electron chi connectivity index (χ4n) is 1.39. The number of imidazole rings is 1. The largest absolute Gasteiger partial charge is 0.341 e. The van der Waals surface area contributed by atoms with Crippen molar-refractivity contribution in [3.05, 3.63) is 36.3 Å². The van der Waals surface area contributed by atoms with Gasteiger partial charge in [0.1, 0.15) is 5.69 Å². The third-order valence-corrected chi connectivity index (χ3v) is 2.06. The van der Waals surface area contributed by atoms with Crippen LogP contribution in [-0.4, -0.2) is 15.0 Å². The molecule has 2 rings (SSSR count). The third kappa shape index (κ3) is 1.82. The second-order valence-corrected chi connectivity index (χ2v) is 3.22. The standard InChI is InChI=1S/C11H13N3/c1-2-5-9-8-13-11(14-9)10-6-3-4-7-12-10/h3-4,6-8H,2,5H2,1H3,(H,13,14). The normalized spacial score (nSPS) is 10.4. The Bertz CT molecular complexity index is 392. The lowest BCUT2D eigenvalue weighted by molar-refractivity contribution is 0.892. The first-order chi connectivity index (χ1) is 6.90. The van der Waals surface area contributed by atoms with Crippen molar-refractivity contribution in [3.63, 3.8) is 0 Å². The van der Waals surface area contributed by atoms with Gasteiger partial charge in [-0.05, 0) is 18.6 Å². The Morgan fingerprint density at radius 1 is 1.29 bits per heavy atom. The molecule has 0 aliphatic rings. The van der Waals surface area contributed by atoms with Gasteiger partial charge in [-0.15, -0.1) is 0 Å². The zero-order valence-corrected chi connectivity index (χ0v) is 8.20. The molecule has 0 atom stereocenters. The molecule has 2 aromatic rings. The molecule has 0 fully saturated rings. The van der Waals surface area contributed by atoms with Crippen LogP contribution in [-0.2, 0) is 6.42 Å². The number of hydrogen-bond acceptors (Lipinski definition) is 2. The van der Waals surface area contributed by atoms with Gasteiger partial charge < -0.3 is 4.98 Å². The molecule has 0 saturated heterocycles. The Kier molecular flexibility index (Phi) is 2.58. The van der Waals surface area contributed by atoms with Crippen LogP contribution in [0.4, 0.5) is 0 Å². The highest BCUT2D eigenvalue weighted by Gasteiger charge is 2.02. The summed E-state index contributed by atoms with van der Waals surface area (Å²) in [5.41, 5.74) is 2.07. The predicted molar refractivity (Wildman–Crippen MR) is 55.8 cm³/mol. The third-order valence-electron chi connectivity index (χ3n) is 2.06. The monoisotopic (exact) mass is 187 g/mol. The molecule has 3 nitrogen and oxygen atoms in total. The summed E-state index contributed by atoms with van der Waals surface area (Å²) in [6.45, 7) is 2.15. The van der Waals surface area contributed by atoms with E-state index in [1.807, 2.05) is 24.4 Å². The number of rotatable bonds is 3. The molecule has 0 aliphatic carbocycles. The van der Waals surface area contributed by atoms with E-state index in [0.29, 0.717) is 0 Å². The van der Waals surface area contributed by atoms with E-state index in [4.69, 9.17) is 0 Å². The number of aromatic nitrogens is 3. The van der Waals surface area contributed by atoms with E-state index in [0.717, 1.165) is 24.4 Å². The van der Waals surface area contributed by atoms with E-state index < -0.39 is 0 Å². The lowest BCUT2D eigenvalue weighted by Crippen LogP contribution is -1.85. The number of nitrogens with one attached hydrogen (secondary N) is 1. The van der Waals surface area contributed by atoms with Gasteiger partial charge in [0, 0.05) is 18.1 Å². The summed E-state index contributed by atoms with van der Waals surface area (Å²) in [5, 5.41) is 0. The topological polar surface area (TPSA) is 41.6 Å². The molecule has 0 spiro atoms. The zero-order valence-electron chi connectivity index (χ0n) is 8.20. The van der Waals surface area contributed by atoms with Crippen LogP contribution in [0.15, 0.2) is 30.6 Å². The summed E-state index contributed by atoms with van der Waals surface area (Å²) in [6.07, 6.45) is 5.83. The van der Waals surface area contributed by atoms with Crippen molar-refractivity contribution < 1.29 is 0 Å². The van der Waals surface area contributed by atoms with Crippen molar-refractivity contribution in [3.8, 4) is 11.5 Å². The van der Waals surface area contributed by atoms with Gasteiger partial charge in [0.2, 0.25) is 0 Å². The molecule has 0 bridgehead atoms. The van der Waals surface area contributed by atoms with Crippen molar-refractivity contribution in [1.82, 2.24) is 15.0 Å². The van der Waals surface area contributed by atoms with Crippen LogP contribution >= 0.6 is 0 Å². The highest BCUT2D eigenvalue weighted by atomic mass is 14.9. The minimum Gasteiger partial charge on any atom is -0.341 e. The summed E-state index contributed by atoms with van der Waals surface area (Å²) in [4.78, 5) is 11.8. The molecule has 0 unspecified atom stereocenters. The number of hydrogen-bond donors (Lipinski definition) is 1. The minimum absolute atomic E-state index is 0.856. The molecule has 3 heteroatoms. The summed E-state index contributed by atoms with van der Waals surface area (Å²) >= 11 is 0. The lowest BCUT2D eigenvalue weighted by atomic mass is 10.3. The van der Waals surface area contributed by atoms with Crippen molar-refractivity contribution in [1.29, 1.82) is 0 Å². The van der Waals surface area contributed by atoms with E-state index in [1.54, 1.807) is 6.20 Å². The molecule has 2 heterocycles. The van der Waals surface area contributed by atoms with Crippen molar-refractivity contribution in [2.75, 3.05) is 0 Å². The molecule has 0 aliphatic heterocycles. The highest BCUT2D eigenvalue weighted by molar-refractivity contribution is 5.48. The minimum atomic E-state index is 0.856. The van der Waals surface area contributed by atoms with E-state index >= 15 is 0 Å². The van der Waals surface area contributed by atoms with Crippen LogP contribution in [0, 0.1) is 0 Å². The Balaban J connectivity index is 2.25. The Hall–Kier alpha value is -1.64. The maximum atomic E-state index is 4.29. The van der Waals surface area contributed by atoms with E-state index in [9.17, 15) is 0 Å². The number of aromatic amines is 1. The molecular weight excluding hydrogens is 174 g/mol. The molecule has 0 radical (unpaired) electrons. The van der Waals surface area contributed by atoms with Gasteiger partial charge in [-0.3, -0.25) is 4.98 Å². The highest BCUT2D eigenvalue weighted by Crippen LogP contribution is 2.12. The maximum Gasteiger partial charge on any atom is 0.156 e. The van der Waals surface area contributed by atoms with Crippen molar-refractivity contribution >= 4 is 0 Å². The quantitative estimate of drug-likeness (QED) is 0.801. The SMILES string of the molecule is CCCc1cnc(-c2ccccn2)[nH]1. The van der Waals surface area contributed by atoms with Gasteiger partial charge >= 0.3 is 0 Å². The van der Waals surface area contributed by atoms with Crippen molar-refractivity contribution in [2.24, 2.45) is 0 Å². The van der Waals surface area contributed by atoms with Crippen LogP contribution in [0.3, 0.4) is 0 Å². The van der Waals surface area contributed by atoms with Crippen LogP contribution in [0.2, 0.25) is 0 Å². The Morgan fingerprint density at radius 2 is 2.21 bits per heavy atom. The summed E-state index contributed by atoms with van der Waals surface area (Å²) in [6, 6.07) is 5.82. The second-order valence-electron chi connectivity index (χ2n) is 3.22. The second kappa shape index (κ2) is 4.05. The van der Waals surface area contributed by atoms with E-state index in [1.165, 1.54) is 5.69 Å². The van der Waals surface area contributed by atoms with Crippen LogP contribution in [0.25, 0.3) is 11.5 Å². The van der Waals surface area contributed by atoms with Gasteiger partial charge in [-0.1, -0.05) is 19.4 Å². The molecule has 1 N–H and O–H groups in total. The number of nitrogens with zero attached hydrogens (tertiary/aromatic N) is 2. The van der Waals surface area contributed by atoms with Crippen LogP contribution < -0.4 is 0 Å². The fraction of sp³-hybridized carbons (Fsp3) is 0.273. The summed E-state index contributed by atoms with van der Waals surface area (Å²) in [7, 11) is 0. The molecule has 0 saturated carbocycles. The first-order valence-corrected chi connectivity index (χ1v) is 4.85. The molecule has 2 aromatic heterocycles. The Morgan fingerprint density at radius 3 is 2.93 bits per heavy atom. The van der Waals surface area contributed by atoms with Gasteiger partial charge in [0.15, 0.2) is 5.82 Å². The molecule has 0 amide bonds. The van der Waals surface area contributed by atoms with Crippen LogP contribution in [0.1, 0.15) is 19.0 Å². The first kappa shape index (κ1) is 8.94. The van der Waals surface area contributed by atoms with Gasteiger partial charge in [0.05, 0.1) is 0 Å². The first-order valence-electron chi connectivity index (χ1n) is 4.85. The van der Waals surface area contributed by atoms with Gasteiger partial charge in [0.25, 0.3) is 0 Å². The fourth-order valence-corrected chi connectivity index (χ4v) is 1.39. The smallest absolute Gasteiger partial charge is 0.156 e. The Labute approximate surface area is 83.2 Å². The number of pyridine rings is 1. The van der Waals surface area contributed by atoms with E-state index in [-0.39, 0.29) is 0 Å². The van der Waals surface area contributed by atoms with Crippen molar-refractivity contribution in [2.45, 2.75) is 19.8 Å². The lowest BCUT2D eigenvalue weighted by Gasteiger charge is -1.94. The number of aryl methyl sites for hydroxylation is 1. The molecule has 72 valence electrons. The number of H-pyrrole nitrogens is 1. The van der Waals surface area contributed by atoms with E-state index in [2.05, 4.69) is 21.9 Å². The molecule has 14 heavy (non-hydrogen) atoms. The average Bonchev–Trinajstić information content (AvgIpc) is 2.68. The van der Waals surface area contributed by atoms with Gasteiger partial charge in [-0.2, -0.15) is 0 Å².